The standard InChI is InChI=1S/C30H33N7/c1-2-10-27-25(9-1)13-31-14-28(27)29-21-37(34-33-29)20-26-19-36-18-24(11-12-30(36)32-26)17-35(15-22-5-3-6-22)16-23-7-4-8-23/h1-2,9-14,18-19,21-23H,3-8,15-17,20H2. The molecule has 0 aliphatic heterocycles. The van der Waals surface area contributed by atoms with Gasteiger partial charge in [-0.1, -0.05) is 48.4 Å². The molecule has 188 valence electrons. The van der Waals surface area contributed by atoms with Gasteiger partial charge in [0, 0.05) is 55.4 Å². The Balaban J connectivity index is 1.07. The summed E-state index contributed by atoms with van der Waals surface area (Å²) in [7, 11) is 0. The number of nitrogens with zero attached hydrogens (tertiary/aromatic N) is 7. The van der Waals surface area contributed by atoms with Gasteiger partial charge in [0.25, 0.3) is 0 Å². The Morgan fingerprint density at radius 3 is 2.46 bits per heavy atom. The zero-order valence-corrected chi connectivity index (χ0v) is 21.2. The monoisotopic (exact) mass is 491 g/mol. The summed E-state index contributed by atoms with van der Waals surface area (Å²) in [6.07, 6.45) is 18.6. The minimum absolute atomic E-state index is 0.581. The molecule has 2 fully saturated rings. The van der Waals surface area contributed by atoms with Crippen LogP contribution in [0.3, 0.4) is 0 Å². The third-order valence-electron chi connectivity index (χ3n) is 8.26. The molecule has 1 aromatic carbocycles. The van der Waals surface area contributed by atoms with Crippen LogP contribution in [0, 0.1) is 11.8 Å². The predicted molar refractivity (Wildman–Crippen MR) is 145 cm³/mol. The third kappa shape index (κ3) is 4.76. The van der Waals surface area contributed by atoms with Crippen LogP contribution in [0.25, 0.3) is 27.7 Å². The molecule has 4 aromatic heterocycles. The Morgan fingerprint density at radius 1 is 0.865 bits per heavy atom. The molecular weight excluding hydrogens is 458 g/mol. The summed E-state index contributed by atoms with van der Waals surface area (Å²) in [6.45, 7) is 4.12. The molecule has 0 N–H and O–H groups in total. The van der Waals surface area contributed by atoms with Gasteiger partial charge in [-0.15, -0.1) is 5.10 Å². The minimum Gasteiger partial charge on any atom is -0.306 e. The van der Waals surface area contributed by atoms with E-state index in [0.717, 1.165) is 51.8 Å². The van der Waals surface area contributed by atoms with Crippen molar-refractivity contribution in [2.24, 2.45) is 11.8 Å². The van der Waals surface area contributed by atoms with Crippen LogP contribution in [0.5, 0.6) is 0 Å². The van der Waals surface area contributed by atoms with E-state index in [1.54, 1.807) is 0 Å². The average molecular weight is 492 g/mol. The van der Waals surface area contributed by atoms with Gasteiger partial charge in [0.15, 0.2) is 0 Å². The number of fused-ring (bicyclic) bond motifs is 2. The lowest BCUT2D eigenvalue weighted by Crippen LogP contribution is -2.37. The fraction of sp³-hybridized carbons (Fsp3) is 0.400. The van der Waals surface area contributed by atoms with Gasteiger partial charge in [-0.2, -0.15) is 0 Å². The Kier molecular flexibility index (Phi) is 5.93. The zero-order valence-electron chi connectivity index (χ0n) is 21.2. The van der Waals surface area contributed by atoms with Crippen molar-refractivity contribution in [2.75, 3.05) is 13.1 Å². The van der Waals surface area contributed by atoms with E-state index < -0.39 is 0 Å². The molecule has 2 saturated carbocycles. The van der Waals surface area contributed by atoms with E-state index in [-0.39, 0.29) is 0 Å². The molecule has 37 heavy (non-hydrogen) atoms. The maximum Gasteiger partial charge on any atom is 0.137 e. The lowest BCUT2D eigenvalue weighted by atomic mass is 9.82. The van der Waals surface area contributed by atoms with E-state index in [2.05, 4.69) is 61.3 Å². The lowest BCUT2D eigenvalue weighted by molar-refractivity contribution is 0.125. The van der Waals surface area contributed by atoms with Crippen LogP contribution in [0.4, 0.5) is 0 Å². The molecular formula is C30H33N7. The molecule has 0 spiro atoms. The molecule has 5 aromatic rings. The molecule has 7 heteroatoms. The molecule has 0 atom stereocenters. The number of pyridine rings is 2. The molecule has 0 saturated heterocycles. The largest absolute Gasteiger partial charge is 0.306 e. The van der Waals surface area contributed by atoms with Crippen molar-refractivity contribution in [1.82, 2.24) is 34.3 Å². The van der Waals surface area contributed by atoms with Gasteiger partial charge in [-0.3, -0.25) is 9.88 Å². The molecule has 2 aliphatic rings. The fourth-order valence-electron chi connectivity index (χ4n) is 5.79. The molecule has 4 heterocycles. The molecule has 7 rings (SSSR count). The number of hydrogen-bond donors (Lipinski definition) is 0. The summed E-state index contributed by atoms with van der Waals surface area (Å²) in [5.41, 5.74) is 5.14. The van der Waals surface area contributed by atoms with Crippen LogP contribution in [0.15, 0.2) is 67.4 Å². The number of hydrogen-bond acceptors (Lipinski definition) is 5. The van der Waals surface area contributed by atoms with E-state index >= 15 is 0 Å². The van der Waals surface area contributed by atoms with Crippen LogP contribution >= 0.6 is 0 Å². The molecule has 0 radical (unpaired) electrons. The smallest absolute Gasteiger partial charge is 0.137 e. The highest BCUT2D eigenvalue weighted by Gasteiger charge is 2.25. The van der Waals surface area contributed by atoms with Crippen LogP contribution < -0.4 is 0 Å². The van der Waals surface area contributed by atoms with Crippen LogP contribution in [-0.4, -0.2) is 47.4 Å². The highest BCUT2D eigenvalue weighted by molar-refractivity contribution is 5.94. The van der Waals surface area contributed by atoms with E-state index in [1.807, 2.05) is 35.4 Å². The van der Waals surface area contributed by atoms with E-state index in [0.29, 0.717) is 6.54 Å². The first-order valence-electron chi connectivity index (χ1n) is 13.7. The Bertz CT molecular complexity index is 1500. The van der Waals surface area contributed by atoms with Crippen molar-refractivity contribution in [3.63, 3.8) is 0 Å². The highest BCUT2D eigenvalue weighted by atomic mass is 15.4. The summed E-state index contributed by atoms with van der Waals surface area (Å²) in [6, 6.07) is 12.6. The van der Waals surface area contributed by atoms with Crippen LogP contribution in [-0.2, 0) is 13.1 Å². The second-order valence-corrected chi connectivity index (χ2v) is 11.0. The second-order valence-electron chi connectivity index (χ2n) is 11.0. The Hall–Kier alpha value is -3.58. The summed E-state index contributed by atoms with van der Waals surface area (Å²) in [4.78, 5) is 12.0. The van der Waals surface area contributed by atoms with Gasteiger partial charge in [-0.05, 0) is 54.5 Å². The first-order chi connectivity index (χ1) is 18.3. The normalized spacial score (nSPS) is 16.5. The molecule has 7 nitrogen and oxygen atoms in total. The minimum atomic E-state index is 0.581. The topological polar surface area (TPSA) is 64.1 Å². The first-order valence-corrected chi connectivity index (χ1v) is 13.7. The van der Waals surface area contributed by atoms with Crippen LogP contribution in [0.2, 0.25) is 0 Å². The number of rotatable bonds is 9. The van der Waals surface area contributed by atoms with E-state index in [1.165, 1.54) is 57.2 Å². The number of benzene rings is 1. The van der Waals surface area contributed by atoms with Gasteiger partial charge in [0.1, 0.15) is 11.3 Å². The van der Waals surface area contributed by atoms with Gasteiger partial charge in [-0.25, -0.2) is 9.67 Å². The lowest BCUT2D eigenvalue weighted by Gasteiger charge is -2.37. The SMILES string of the molecule is c1ccc2c(-c3cn(Cc4cn5cc(CN(CC6CCC6)CC6CCC6)ccc5n4)nn3)cncc2c1. The first kappa shape index (κ1) is 22.6. The predicted octanol–water partition coefficient (Wildman–Crippen LogP) is 5.59. The molecule has 0 amide bonds. The summed E-state index contributed by atoms with van der Waals surface area (Å²) < 4.78 is 4.03. The van der Waals surface area contributed by atoms with Crippen molar-refractivity contribution < 1.29 is 0 Å². The van der Waals surface area contributed by atoms with Crippen molar-refractivity contribution in [3.05, 3.63) is 78.6 Å². The number of aromatic nitrogens is 6. The van der Waals surface area contributed by atoms with Gasteiger partial charge in [0.05, 0.1) is 18.4 Å². The zero-order chi connectivity index (χ0) is 24.6. The maximum absolute atomic E-state index is 4.85. The Morgan fingerprint density at radius 2 is 1.68 bits per heavy atom. The summed E-state index contributed by atoms with van der Waals surface area (Å²) in [5.74, 6) is 1.81. The quantitative estimate of drug-likeness (QED) is 0.269. The van der Waals surface area contributed by atoms with E-state index in [9.17, 15) is 0 Å². The van der Waals surface area contributed by atoms with Gasteiger partial charge >= 0.3 is 0 Å². The van der Waals surface area contributed by atoms with Crippen LogP contribution in [0.1, 0.15) is 49.8 Å². The van der Waals surface area contributed by atoms with Gasteiger partial charge in [0.2, 0.25) is 0 Å². The van der Waals surface area contributed by atoms with Gasteiger partial charge < -0.3 is 4.40 Å². The Labute approximate surface area is 217 Å². The maximum atomic E-state index is 4.85. The molecule has 0 bridgehead atoms. The van der Waals surface area contributed by atoms with Crippen molar-refractivity contribution in [1.29, 1.82) is 0 Å². The molecule has 0 unspecified atom stereocenters. The highest BCUT2D eigenvalue weighted by Crippen LogP contribution is 2.31. The fourth-order valence-corrected chi connectivity index (χ4v) is 5.79. The molecule has 2 aliphatic carbocycles. The summed E-state index contributed by atoms with van der Waals surface area (Å²) in [5, 5.41) is 11.1. The summed E-state index contributed by atoms with van der Waals surface area (Å²) >= 11 is 0. The second kappa shape index (κ2) is 9.71. The van der Waals surface area contributed by atoms with E-state index in [4.69, 9.17) is 4.98 Å². The third-order valence-corrected chi connectivity index (χ3v) is 8.26. The van der Waals surface area contributed by atoms with Crippen molar-refractivity contribution in [3.8, 4) is 11.3 Å². The average Bonchev–Trinajstić information content (AvgIpc) is 3.49. The van der Waals surface area contributed by atoms with Crippen molar-refractivity contribution in [2.45, 2.75) is 51.6 Å². The number of imidazole rings is 1. The van der Waals surface area contributed by atoms with Crippen molar-refractivity contribution >= 4 is 16.4 Å².